The Bertz CT molecular complexity index is 2560. The lowest BCUT2D eigenvalue weighted by molar-refractivity contribution is -0.645. The summed E-state index contributed by atoms with van der Waals surface area (Å²) in [4.78, 5) is 15.1. The van der Waals surface area contributed by atoms with Crippen molar-refractivity contribution in [2.45, 2.75) is 0 Å². The lowest BCUT2D eigenvalue weighted by Crippen LogP contribution is -2.28. The standard InChI is InChI=1S/C42H29N4O/c1-46-25-9-14-34-31(23-24-36(47-2)39(34)46)30-19-15-26-17-21-33-35(22-18-27-16-20-32(30)37(26)38(27)33)42-44-40(28-10-5-3-6-11-28)43-41(45-42)29-12-7-4-8-13-29/h3-25H,1-2H3/q+1. The molecule has 0 spiro atoms. The first-order valence-electron chi connectivity index (χ1n) is 15.7. The largest absolute Gasteiger partial charge is 0.490 e. The Balaban J connectivity index is 1.31. The molecule has 7 aromatic carbocycles. The topological polar surface area (TPSA) is 51.8 Å². The number of benzene rings is 7. The van der Waals surface area contributed by atoms with Gasteiger partial charge in [-0.15, -0.1) is 0 Å². The van der Waals surface area contributed by atoms with Crippen LogP contribution in [0, 0.1) is 0 Å². The number of rotatable bonds is 5. The summed E-state index contributed by atoms with van der Waals surface area (Å²) in [5, 5.41) is 8.32. The van der Waals surface area contributed by atoms with Crippen LogP contribution in [-0.4, -0.2) is 22.1 Å². The van der Waals surface area contributed by atoms with E-state index in [4.69, 9.17) is 19.7 Å². The van der Waals surface area contributed by atoms with Crippen molar-refractivity contribution in [2.75, 3.05) is 7.11 Å². The third kappa shape index (κ3) is 4.32. The molecule has 2 heterocycles. The molecule has 0 saturated heterocycles. The van der Waals surface area contributed by atoms with Gasteiger partial charge in [-0.25, -0.2) is 15.0 Å². The average molecular weight is 606 g/mol. The number of hydrogen-bond acceptors (Lipinski definition) is 4. The van der Waals surface area contributed by atoms with Crippen LogP contribution in [0.2, 0.25) is 0 Å². The van der Waals surface area contributed by atoms with Gasteiger partial charge in [0.2, 0.25) is 0 Å². The zero-order valence-corrected chi connectivity index (χ0v) is 26.0. The summed E-state index contributed by atoms with van der Waals surface area (Å²) in [5.41, 5.74) is 6.32. The van der Waals surface area contributed by atoms with Gasteiger partial charge in [-0.2, -0.15) is 4.57 Å². The van der Waals surface area contributed by atoms with Gasteiger partial charge in [0, 0.05) is 22.8 Å². The van der Waals surface area contributed by atoms with E-state index in [0.717, 1.165) is 38.7 Å². The molecule has 9 aromatic rings. The van der Waals surface area contributed by atoms with E-state index in [0.29, 0.717) is 17.5 Å². The van der Waals surface area contributed by atoms with Gasteiger partial charge in [-0.1, -0.05) is 103 Å². The molecule has 0 aliphatic rings. The number of nitrogens with zero attached hydrogens (tertiary/aromatic N) is 4. The second-order valence-corrected chi connectivity index (χ2v) is 11.9. The first-order chi connectivity index (χ1) is 23.2. The van der Waals surface area contributed by atoms with Gasteiger partial charge in [0.05, 0.1) is 12.5 Å². The summed E-state index contributed by atoms with van der Waals surface area (Å²) in [5.74, 6) is 2.82. The van der Waals surface area contributed by atoms with Gasteiger partial charge in [-0.3, -0.25) is 0 Å². The molecule has 0 bridgehead atoms. The van der Waals surface area contributed by atoms with E-state index in [1.165, 1.54) is 38.1 Å². The maximum atomic E-state index is 5.77. The molecule has 0 aliphatic carbocycles. The fourth-order valence-electron chi connectivity index (χ4n) is 7.02. The molecule has 0 fully saturated rings. The summed E-state index contributed by atoms with van der Waals surface area (Å²) in [6.07, 6.45) is 2.06. The van der Waals surface area contributed by atoms with Crippen LogP contribution in [0.5, 0.6) is 5.75 Å². The number of aromatic nitrogens is 4. The van der Waals surface area contributed by atoms with Crippen LogP contribution in [-0.2, 0) is 7.05 Å². The first kappa shape index (κ1) is 27.1. The minimum absolute atomic E-state index is 0.655. The number of pyridine rings is 1. The summed E-state index contributed by atoms with van der Waals surface area (Å²) in [6.45, 7) is 0. The Kier molecular flexibility index (Phi) is 6.18. The maximum absolute atomic E-state index is 5.77. The molecule has 0 aliphatic heterocycles. The number of hydrogen-bond donors (Lipinski definition) is 0. The van der Waals surface area contributed by atoms with Crippen LogP contribution >= 0.6 is 0 Å². The number of methoxy groups -OCH3 is 1. The molecule has 47 heavy (non-hydrogen) atoms. The van der Waals surface area contributed by atoms with Gasteiger partial charge >= 0.3 is 0 Å². The quantitative estimate of drug-likeness (QED) is 0.145. The molecule has 222 valence electrons. The summed E-state index contributed by atoms with van der Waals surface area (Å²) in [6, 6.07) is 46.6. The lowest BCUT2D eigenvalue weighted by Gasteiger charge is -2.17. The van der Waals surface area contributed by atoms with E-state index in [2.05, 4.69) is 90.6 Å². The Morgan fingerprint density at radius 3 is 1.60 bits per heavy atom. The van der Waals surface area contributed by atoms with E-state index in [9.17, 15) is 0 Å². The van der Waals surface area contributed by atoms with Crippen LogP contribution in [0.3, 0.4) is 0 Å². The predicted molar refractivity (Wildman–Crippen MR) is 191 cm³/mol. The van der Waals surface area contributed by atoms with E-state index in [-0.39, 0.29) is 0 Å². The fraction of sp³-hybridized carbons (Fsp3) is 0.0476. The van der Waals surface area contributed by atoms with E-state index < -0.39 is 0 Å². The Morgan fingerprint density at radius 1 is 0.468 bits per heavy atom. The fourth-order valence-corrected chi connectivity index (χ4v) is 7.02. The Morgan fingerprint density at radius 2 is 0.979 bits per heavy atom. The molecule has 9 rings (SSSR count). The summed E-state index contributed by atoms with van der Waals surface area (Å²) in [7, 11) is 3.79. The molecular weight excluding hydrogens is 576 g/mol. The van der Waals surface area contributed by atoms with Crippen molar-refractivity contribution in [2.24, 2.45) is 7.05 Å². The Labute approximate surface area is 271 Å². The highest BCUT2D eigenvalue weighted by Gasteiger charge is 2.21. The molecule has 0 radical (unpaired) electrons. The maximum Gasteiger partial charge on any atom is 0.255 e. The van der Waals surface area contributed by atoms with E-state index >= 15 is 0 Å². The number of fused-ring (bicyclic) bond motifs is 1. The molecule has 0 saturated carbocycles. The summed E-state index contributed by atoms with van der Waals surface area (Å²) < 4.78 is 7.90. The SMILES string of the molecule is COc1ccc(-c2ccc3ccc4c(-c5nc(-c6ccccc6)nc(-c6ccccc6)n5)ccc5ccc2c3c54)c2ccc[n+](C)c12. The second kappa shape index (κ2) is 10.7. The van der Waals surface area contributed by atoms with Crippen molar-refractivity contribution >= 4 is 43.2 Å². The van der Waals surface area contributed by atoms with Gasteiger partial charge in [0.25, 0.3) is 5.52 Å². The number of ether oxygens (including phenoxy) is 1. The van der Waals surface area contributed by atoms with Crippen LogP contribution in [0.4, 0.5) is 0 Å². The van der Waals surface area contributed by atoms with Crippen LogP contribution in [0.15, 0.2) is 140 Å². The minimum Gasteiger partial charge on any atom is -0.490 e. The van der Waals surface area contributed by atoms with E-state index in [1.54, 1.807) is 7.11 Å². The Hall–Kier alpha value is -6.20. The van der Waals surface area contributed by atoms with Crippen molar-refractivity contribution in [3.63, 3.8) is 0 Å². The molecule has 0 amide bonds. The average Bonchev–Trinajstić information content (AvgIpc) is 3.14. The minimum atomic E-state index is 0.655. The van der Waals surface area contributed by atoms with Crippen LogP contribution in [0.1, 0.15) is 0 Å². The summed E-state index contributed by atoms with van der Waals surface area (Å²) >= 11 is 0. The van der Waals surface area contributed by atoms with Gasteiger partial charge in [0.15, 0.2) is 29.4 Å². The van der Waals surface area contributed by atoms with Gasteiger partial charge in [-0.05, 0) is 67.7 Å². The third-order valence-electron chi connectivity index (χ3n) is 9.22. The molecule has 2 aromatic heterocycles. The molecule has 0 N–H and O–H groups in total. The highest BCUT2D eigenvalue weighted by atomic mass is 16.5. The molecular formula is C42H29N4O+. The van der Waals surface area contributed by atoms with Gasteiger partial charge < -0.3 is 4.74 Å². The van der Waals surface area contributed by atoms with Gasteiger partial charge in [0.1, 0.15) is 7.05 Å². The van der Waals surface area contributed by atoms with Crippen LogP contribution in [0.25, 0.3) is 88.5 Å². The van der Waals surface area contributed by atoms with Crippen molar-refractivity contribution < 1.29 is 9.30 Å². The predicted octanol–water partition coefficient (Wildman–Crippen LogP) is 9.42. The van der Waals surface area contributed by atoms with Crippen molar-refractivity contribution in [1.29, 1.82) is 0 Å². The molecule has 0 unspecified atom stereocenters. The third-order valence-corrected chi connectivity index (χ3v) is 9.22. The molecule has 5 nitrogen and oxygen atoms in total. The molecule has 0 atom stereocenters. The smallest absolute Gasteiger partial charge is 0.255 e. The van der Waals surface area contributed by atoms with Crippen molar-refractivity contribution in [1.82, 2.24) is 15.0 Å². The highest BCUT2D eigenvalue weighted by molar-refractivity contribution is 6.28. The monoisotopic (exact) mass is 605 g/mol. The normalized spacial score (nSPS) is 11.6. The van der Waals surface area contributed by atoms with Crippen molar-refractivity contribution in [3.8, 4) is 51.0 Å². The zero-order valence-electron chi connectivity index (χ0n) is 26.0. The highest BCUT2D eigenvalue weighted by Crippen LogP contribution is 2.43. The number of aryl methyl sites for hydroxylation is 1. The molecule has 5 heteroatoms. The first-order valence-corrected chi connectivity index (χ1v) is 15.7. The van der Waals surface area contributed by atoms with Crippen LogP contribution < -0.4 is 9.30 Å². The van der Waals surface area contributed by atoms with E-state index in [1.807, 2.05) is 60.7 Å². The second-order valence-electron chi connectivity index (χ2n) is 11.9. The zero-order chi connectivity index (χ0) is 31.5. The van der Waals surface area contributed by atoms with Crippen molar-refractivity contribution in [3.05, 3.63) is 140 Å². The lowest BCUT2D eigenvalue weighted by atomic mass is 9.87.